The number of ether oxygens (including phenoxy) is 1. The van der Waals surface area contributed by atoms with Gasteiger partial charge in [-0.3, -0.25) is 10.3 Å². The molecular formula is C20H24N4O2S. The number of amides is 2. The fourth-order valence-corrected chi connectivity index (χ4v) is 3.75. The van der Waals surface area contributed by atoms with Gasteiger partial charge in [-0.05, 0) is 43.7 Å². The van der Waals surface area contributed by atoms with Crippen LogP contribution in [-0.4, -0.2) is 35.8 Å². The van der Waals surface area contributed by atoms with Crippen LogP contribution < -0.4 is 10.6 Å². The molecule has 1 saturated carbocycles. The number of carbonyl (C=O) groups excluding carboxylic acids is 1. The van der Waals surface area contributed by atoms with Crippen LogP contribution in [0.1, 0.15) is 41.8 Å². The molecule has 0 aliphatic heterocycles. The molecule has 0 spiro atoms. The summed E-state index contributed by atoms with van der Waals surface area (Å²) < 4.78 is 5.64. The molecular weight excluding hydrogens is 360 g/mol. The molecule has 0 bridgehead atoms. The van der Waals surface area contributed by atoms with Gasteiger partial charge in [-0.1, -0.05) is 30.1 Å². The maximum atomic E-state index is 12.0. The summed E-state index contributed by atoms with van der Waals surface area (Å²) in [7, 11) is 0. The highest BCUT2D eigenvalue weighted by atomic mass is 32.1. The summed E-state index contributed by atoms with van der Waals surface area (Å²) in [5.74, 6) is 6.87. The lowest BCUT2D eigenvalue weighted by atomic mass is 10.1. The fraction of sp³-hybridized carbons (Fsp3) is 0.450. The van der Waals surface area contributed by atoms with Crippen LogP contribution in [0.15, 0.2) is 24.5 Å². The van der Waals surface area contributed by atoms with Crippen molar-refractivity contribution in [2.45, 2.75) is 32.6 Å². The number of pyridine rings is 1. The van der Waals surface area contributed by atoms with E-state index in [1.165, 1.54) is 37.0 Å². The normalized spacial score (nSPS) is 13.8. The molecule has 3 rings (SSSR count). The Morgan fingerprint density at radius 3 is 2.85 bits per heavy atom. The van der Waals surface area contributed by atoms with E-state index in [2.05, 4.69) is 32.4 Å². The molecule has 1 fully saturated rings. The highest BCUT2D eigenvalue weighted by Gasteiger charge is 2.14. The van der Waals surface area contributed by atoms with E-state index in [1.807, 2.05) is 19.1 Å². The predicted octanol–water partition coefficient (Wildman–Crippen LogP) is 3.57. The Balaban J connectivity index is 1.41. The topological polar surface area (TPSA) is 76.1 Å². The van der Waals surface area contributed by atoms with Crippen LogP contribution in [0.25, 0.3) is 0 Å². The number of carbonyl (C=O) groups is 1. The molecule has 2 heterocycles. The molecule has 0 unspecified atom stereocenters. The molecule has 27 heavy (non-hydrogen) atoms. The minimum Gasteiger partial charge on any atom is -0.379 e. The number of hydrogen-bond donors (Lipinski definition) is 2. The fourth-order valence-electron chi connectivity index (χ4n) is 2.94. The summed E-state index contributed by atoms with van der Waals surface area (Å²) in [5.41, 5.74) is 1.69. The van der Waals surface area contributed by atoms with Crippen molar-refractivity contribution in [3.8, 4) is 11.8 Å². The summed E-state index contributed by atoms with van der Waals surface area (Å²) >= 11 is 1.36. The monoisotopic (exact) mass is 384 g/mol. The number of thiazole rings is 1. The van der Waals surface area contributed by atoms with Crippen molar-refractivity contribution >= 4 is 22.5 Å². The zero-order chi connectivity index (χ0) is 18.9. The first-order valence-corrected chi connectivity index (χ1v) is 10.0. The van der Waals surface area contributed by atoms with Crippen molar-refractivity contribution in [3.05, 3.63) is 40.7 Å². The second-order valence-electron chi connectivity index (χ2n) is 6.53. The first kappa shape index (κ1) is 19.3. The van der Waals surface area contributed by atoms with Gasteiger partial charge in [0.25, 0.3) is 0 Å². The standard InChI is InChI=1S/C20H24N4O2S/c1-15-18(7-6-16-8-10-21-11-9-16)27-20(23-15)24-19(25)22-12-13-26-14-17-4-2-3-5-17/h8-11,17H,2-5,12-14H2,1H3,(H2,22,23,24,25). The molecule has 2 amide bonds. The minimum absolute atomic E-state index is 0.276. The average molecular weight is 385 g/mol. The van der Waals surface area contributed by atoms with Gasteiger partial charge >= 0.3 is 6.03 Å². The predicted molar refractivity (Wildman–Crippen MR) is 107 cm³/mol. The SMILES string of the molecule is Cc1nc(NC(=O)NCCOCC2CCCC2)sc1C#Cc1ccncc1. The molecule has 2 aromatic rings. The Hall–Kier alpha value is -2.43. The van der Waals surface area contributed by atoms with Crippen molar-refractivity contribution in [3.63, 3.8) is 0 Å². The van der Waals surface area contributed by atoms with Crippen molar-refractivity contribution in [2.75, 3.05) is 25.1 Å². The maximum Gasteiger partial charge on any atom is 0.321 e. The van der Waals surface area contributed by atoms with Gasteiger partial charge < -0.3 is 10.1 Å². The Kier molecular flexibility index (Phi) is 7.19. The number of nitrogens with zero attached hydrogens (tertiary/aromatic N) is 2. The molecule has 6 nitrogen and oxygen atoms in total. The summed E-state index contributed by atoms with van der Waals surface area (Å²) in [5, 5.41) is 6.09. The van der Waals surface area contributed by atoms with E-state index in [-0.39, 0.29) is 6.03 Å². The van der Waals surface area contributed by atoms with E-state index in [4.69, 9.17) is 4.74 Å². The third-order valence-electron chi connectivity index (χ3n) is 4.38. The molecule has 7 heteroatoms. The number of hydrogen-bond acceptors (Lipinski definition) is 5. The Labute approximate surface area is 163 Å². The molecule has 0 saturated heterocycles. The summed E-state index contributed by atoms with van der Waals surface area (Å²) in [6, 6.07) is 3.43. The van der Waals surface area contributed by atoms with Crippen LogP contribution in [0.5, 0.6) is 0 Å². The number of nitrogens with one attached hydrogen (secondary N) is 2. The van der Waals surface area contributed by atoms with Crippen LogP contribution >= 0.6 is 11.3 Å². The van der Waals surface area contributed by atoms with Gasteiger partial charge in [0.1, 0.15) is 4.88 Å². The molecule has 0 atom stereocenters. The Morgan fingerprint density at radius 2 is 2.07 bits per heavy atom. The molecule has 1 aliphatic carbocycles. The molecule has 142 valence electrons. The lowest BCUT2D eigenvalue weighted by Crippen LogP contribution is -2.31. The summed E-state index contributed by atoms with van der Waals surface area (Å²) in [6.07, 6.45) is 8.58. The van der Waals surface area contributed by atoms with Crippen molar-refractivity contribution in [1.82, 2.24) is 15.3 Å². The Bertz CT molecular complexity index is 804. The molecule has 0 radical (unpaired) electrons. The minimum atomic E-state index is -0.276. The van der Waals surface area contributed by atoms with Gasteiger partial charge in [0, 0.05) is 31.1 Å². The van der Waals surface area contributed by atoms with Gasteiger partial charge in [-0.2, -0.15) is 0 Å². The molecule has 0 aromatic carbocycles. The van der Waals surface area contributed by atoms with Crippen molar-refractivity contribution in [2.24, 2.45) is 5.92 Å². The highest BCUT2D eigenvalue weighted by Crippen LogP contribution is 2.24. The van der Waals surface area contributed by atoms with E-state index >= 15 is 0 Å². The van der Waals surface area contributed by atoms with Gasteiger partial charge in [0.05, 0.1) is 12.3 Å². The molecule has 2 N–H and O–H groups in total. The number of aromatic nitrogens is 2. The number of anilines is 1. The van der Waals surface area contributed by atoms with Gasteiger partial charge in [0.15, 0.2) is 5.13 Å². The second-order valence-corrected chi connectivity index (χ2v) is 7.52. The largest absolute Gasteiger partial charge is 0.379 e. The number of urea groups is 1. The van der Waals surface area contributed by atoms with E-state index in [1.54, 1.807) is 12.4 Å². The van der Waals surface area contributed by atoms with Crippen LogP contribution in [-0.2, 0) is 4.74 Å². The van der Waals surface area contributed by atoms with Crippen LogP contribution in [0.3, 0.4) is 0 Å². The zero-order valence-electron chi connectivity index (χ0n) is 15.5. The van der Waals surface area contributed by atoms with Crippen molar-refractivity contribution < 1.29 is 9.53 Å². The van der Waals surface area contributed by atoms with E-state index < -0.39 is 0 Å². The van der Waals surface area contributed by atoms with E-state index in [0.717, 1.165) is 22.7 Å². The molecule has 2 aromatic heterocycles. The highest BCUT2D eigenvalue weighted by molar-refractivity contribution is 7.16. The second kappa shape index (κ2) is 10.0. The Morgan fingerprint density at radius 1 is 1.30 bits per heavy atom. The zero-order valence-corrected chi connectivity index (χ0v) is 16.3. The number of aryl methyl sites for hydroxylation is 1. The molecule has 1 aliphatic rings. The van der Waals surface area contributed by atoms with E-state index in [0.29, 0.717) is 24.2 Å². The maximum absolute atomic E-state index is 12.0. The lowest BCUT2D eigenvalue weighted by molar-refractivity contribution is 0.104. The quantitative estimate of drug-likeness (QED) is 0.590. The van der Waals surface area contributed by atoms with Gasteiger partial charge in [0.2, 0.25) is 0 Å². The third-order valence-corrected chi connectivity index (χ3v) is 5.37. The van der Waals surface area contributed by atoms with Gasteiger partial charge in [-0.25, -0.2) is 9.78 Å². The smallest absolute Gasteiger partial charge is 0.321 e. The van der Waals surface area contributed by atoms with Gasteiger partial charge in [-0.15, -0.1) is 0 Å². The number of rotatable bonds is 6. The first-order chi connectivity index (χ1) is 13.2. The lowest BCUT2D eigenvalue weighted by Gasteiger charge is -2.10. The summed E-state index contributed by atoms with van der Waals surface area (Å²) in [6.45, 7) is 3.70. The van der Waals surface area contributed by atoms with Crippen LogP contribution in [0.4, 0.5) is 9.93 Å². The third kappa shape index (κ3) is 6.35. The van der Waals surface area contributed by atoms with Crippen LogP contribution in [0, 0.1) is 24.7 Å². The van der Waals surface area contributed by atoms with E-state index in [9.17, 15) is 4.79 Å². The van der Waals surface area contributed by atoms with Crippen molar-refractivity contribution in [1.29, 1.82) is 0 Å². The summed E-state index contributed by atoms with van der Waals surface area (Å²) in [4.78, 5) is 21.1. The average Bonchev–Trinajstić information content (AvgIpc) is 3.30. The first-order valence-electron chi connectivity index (χ1n) is 9.23. The van der Waals surface area contributed by atoms with Crippen LogP contribution in [0.2, 0.25) is 0 Å².